The van der Waals surface area contributed by atoms with E-state index in [1.165, 1.54) is 24.1 Å². The third kappa shape index (κ3) is 3.74. The molecule has 0 bridgehead atoms. The zero-order valence-corrected chi connectivity index (χ0v) is 10.5. The van der Waals surface area contributed by atoms with Gasteiger partial charge in [0.15, 0.2) is 0 Å². The van der Waals surface area contributed by atoms with E-state index in [9.17, 15) is 0 Å². The van der Waals surface area contributed by atoms with Crippen LogP contribution < -0.4 is 0 Å². The topological polar surface area (TPSA) is 16.1 Å². The van der Waals surface area contributed by atoms with Crippen LogP contribution in [0.3, 0.4) is 0 Å². The van der Waals surface area contributed by atoms with Gasteiger partial charge in [-0.15, -0.1) is 0 Å². The molecule has 0 radical (unpaired) electrons. The molecule has 0 N–H and O–H groups in total. The molecule has 0 atom stereocenters. The Balaban J connectivity index is 1.78. The molecule has 0 spiro atoms. The minimum absolute atomic E-state index is 1.02. The molecule has 1 aromatic rings. The summed E-state index contributed by atoms with van der Waals surface area (Å²) in [4.78, 5) is 6.68. The Morgan fingerprint density at radius 2 is 2.24 bits per heavy atom. The Hall–Kier alpha value is -1.57. The van der Waals surface area contributed by atoms with E-state index in [0.29, 0.717) is 0 Å². The zero-order valence-electron chi connectivity index (χ0n) is 10.5. The number of pyridine rings is 1. The summed E-state index contributed by atoms with van der Waals surface area (Å²) in [7, 11) is 0. The molecule has 0 unspecified atom stereocenters. The first-order chi connectivity index (χ1) is 8.38. The van der Waals surface area contributed by atoms with Gasteiger partial charge in [-0.3, -0.25) is 4.98 Å². The number of rotatable bonds is 5. The second-order valence-electron chi connectivity index (χ2n) is 4.41. The second kappa shape index (κ2) is 6.24. The summed E-state index contributed by atoms with van der Waals surface area (Å²) in [5, 5.41) is 0. The van der Waals surface area contributed by atoms with Crippen molar-refractivity contribution >= 4 is 0 Å². The van der Waals surface area contributed by atoms with Crippen molar-refractivity contribution in [2.45, 2.75) is 26.2 Å². The van der Waals surface area contributed by atoms with Crippen LogP contribution >= 0.6 is 0 Å². The van der Waals surface area contributed by atoms with Crippen LogP contribution in [-0.2, 0) is 6.42 Å². The summed E-state index contributed by atoms with van der Waals surface area (Å²) >= 11 is 0. The molecular weight excluding hydrogens is 208 g/mol. The molecule has 0 fully saturated rings. The lowest BCUT2D eigenvalue weighted by Crippen LogP contribution is -2.22. The molecule has 2 heterocycles. The van der Waals surface area contributed by atoms with Crippen LogP contribution in [0, 0.1) is 0 Å². The van der Waals surface area contributed by atoms with E-state index in [2.05, 4.69) is 41.2 Å². The quantitative estimate of drug-likeness (QED) is 0.769. The maximum absolute atomic E-state index is 4.34. The zero-order chi connectivity index (χ0) is 11.9. The third-order valence-electron chi connectivity index (χ3n) is 3.01. The first-order valence-electron chi connectivity index (χ1n) is 6.39. The lowest BCUT2D eigenvalue weighted by atomic mass is 10.1. The van der Waals surface area contributed by atoms with Gasteiger partial charge in [0, 0.05) is 31.4 Å². The molecule has 2 heteroatoms. The first-order valence-corrected chi connectivity index (χ1v) is 6.39. The number of allylic oxidation sites excluding steroid dienone is 2. The van der Waals surface area contributed by atoms with Gasteiger partial charge in [0.25, 0.3) is 0 Å². The number of nitrogens with zero attached hydrogens (tertiary/aromatic N) is 2. The highest BCUT2D eigenvalue weighted by atomic mass is 15.1. The Bertz CT molecular complexity index is 393. The molecular formula is C15H20N2. The van der Waals surface area contributed by atoms with Crippen LogP contribution in [0.15, 0.2) is 48.3 Å². The van der Waals surface area contributed by atoms with Gasteiger partial charge in [0.1, 0.15) is 0 Å². The van der Waals surface area contributed by atoms with Crippen molar-refractivity contribution in [3.05, 3.63) is 54.0 Å². The minimum Gasteiger partial charge on any atom is -0.373 e. The maximum Gasteiger partial charge on any atom is 0.0421 e. The average Bonchev–Trinajstić information content (AvgIpc) is 2.40. The summed E-state index contributed by atoms with van der Waals surface area (Å²) in [6.45, 7) is 4.31. The molecule has 90 valence electrons. The molecule has 1 aliphatic heterocycles. The van der Waals surface area contributed by atoms with Gasteiger partial charge < -0.3 is 4.90 Å². The number of aromatic nitrogens is 1. The predicted molar refractivity (Wildman–Crippen MR) is 71.6 cm³/mol. The molecule has 0 aliphatic carbocycles. The molecule has 2 rings (SSSR count). The van der Waals surface area contributed by atoms with E-state index < -0.39 is 0 Å². The fourth-order valence-electron chi connectivity index (χ4n) is 2.01. The standard InChI is InChI=1S/C15H20N2/c1-2-5-14-7-11-17(12-8-14)13-9-15-6-3-4-10-16-15/h3-4,6-8,10-11H,2,5,9,12-13H2,1H3. The number of hydrogen-bond acceptors (Lipinski definition) is 2. The number of hydrogen-bond donors (Lipinski definition) is 0. The molecule has 0 aromatic carbocycles. The third-order valence-corrected chi connectivity index (χ3v) is 3.01. The highest BCUT2D eigenvalue weighted by Gasteiger charge is 2.04. The first kappa shape index (κ1) is 11.9. The van der Waals surface area contributed by atoms with Gasteiger partial charge in [-0.2, -0.15) is 0 Å². The van der Waals surface area contributed by atoms with Crippen molar-refractivity contribution in [1.82, 2.24) is 9.88 Å². The molecule has 1 aliphatic rings. The van der Waals surface area contributed by atoms with E-state index in [4.69, 9.17) is 0 Å². The van der Waals surface area contributed by atoms with E-state index >= 15 is 0 Å². The minimum atomic E-state index is 1.02. The molecule has 1 aromatic heterocycles. The van der Waals surface area contributed by atoms with Crippen LogP contribution in [0.2, 0.25) is 0 Å². The molecule has 2 nitrogen and oxygen atoms in total. The van der Waals surface area contributed by atoms with Crippen molar-refractivity contribution < 1.29 is 0 Å². The van der Waals surface area contributed by atoms with Gasteiger partial charge in [0.05, 0.1) is 0 Å². The fourth-order valence-corrected chi connectivity index (χ4v) is 2.01. The maximum atomic E-state index is 4.34. The van der Waals surface area contributed by atoms with Crippen molar-refractivity contribution in [3.8, 4) is 0 Å². The molecule has 0 amide bonds. The van der Waals surface area contributed by atoms with Gasteiger partial charge in [-0.05, 0) is 36.4 Å². The predicted octanol–water partition coefficient (Wildman–Crippen LogP) is 3.18. The van der Waals surface area contributed by atoms with Crippen molar-refractivity contribution in [2.75, 3.05) is 13.1 Å². The summed E-state index contributed by atoms with van der Waals surface area (Å²) in [6, 6.07) is 6.10. The van der Waals surface area contributed by atoms with E-state index in [-0.39, 0.29) is 0 Å². The summed E-state index contributed by atoms with van der Waals surface area (Å²) in [6.07, 6.45) is 12.1. The molecule has 0 saturated heterocycles. The average molecular weight is 228 g/mol. The lowest BCUT2D eigenvalue weighted by Gasteiger charge is -2.22. The van der Waals surface area contributed by atoms with Crippen LogP contribution in [0.25, 0.3) is 0 Å². The molecule has 17 heavy (non-hydrogen) atoms. The highest BCUT2D eigenvalue weighted by Crippen LogP contribution is 2.12. The van der Waals surface area contributed by atoms with Gasteiger partial charge >= 0.3 is 0 Å². The summed E-state index contributed by atoms with van der Waals surface area (Å²) in [5.74, 6) is 0. The van der Waals surface area contributed by atoms with Crippen molar-refractivity contribution in [3.63, 3.8) is 0 Å². The van der Waals surface area contributed by atoms with E-state index in [1.807, 2.05) is 18.3 Å². The Labute approximate surface area is 104 Å². The largest absolute Gasteiger partial charge is 0.373 e. The Morgan fingerprint density at radius 1 is 1.29 bits per heavy atom. The molecule has 0 saturated carbocycles. The second-order valence-corrected chi connectivity index (χ2v) is 4.41. The highest BCUT2D eigenvalue weighted by molar-refractivity contribution is 5.22. The SMILES string of the molecule is CCCC1=CCN(CCc2ccccn2)C=C1. The van der Waals surface area contributed by atoms with E-state index in [1.54, 1.807) is 0 Å². The lowest BCUT2D eigenvalue weighted by molar-refractivity contribution is 0.412. The Morgan fingerprint density at radius 3 is 2.88 bits per heavy atom. The smallest absolute Gasteiger partial charge is 0.0421 e. The van der Waals surface area contributed by atoms with Crippen LogP contribution in [0.5, 0.6) is 0 Å². The van der Waals surface area contributed by atoms with Crippen LogP contribution in [0.4, 0.5) is 0 Å². The normalized spacial score (nSPS) is 14.9. The van der Waals surface area contributed by atoms with Crippen LogP contribution in [-0.4, -0.2) is 23.0 Å². The summed E-state index contributed by atoms with van der Waals surface area (Å²) < 4.78 is 0. The fraction of sp³-hybridized carbons (Fsp3) is 0.400. The summed E-state index contributed by atoms with van der Waals surface area (Å²) in [5.41, 5.74) is 2.64. The van der Waals surface area contributed by atoms with Crippen molar-refractivity contribution in [1.29, 1.82) is 0 Å². The monoisotopic (exact) mass is 228 g/mol. The van der Waals surface area contributed by atoms with Gasteiger partial charge in [0.2, 0.25) is 0 Å². The van der Waals surface area contributed by atoms with Gasteiger partial charge in [-0.1, -0.05) is 25.5 Å². The Kier molecular flexibility index (Phi) is 4.37. The van der Waals surface area contributed by atoms with Crippen molar-refractivity contribution in [2.24, 2.45) is 0 Å². The van der Waals surface area contributed by atoms with Gasteiger partial charge in [-0.25, -0.2) is 0 Å². The van der Waals surface area contributed by atoms with E-state index in [0.717, 1.165) is 19.5 Å². The van der Waals surface area contributed by atoms with Crippen LogP contribution in [0.1, 0.15) is 25.5 Å².